The van der Waals surface area contributed by atoms with Crippen LogP contribution in [0.25, 0.3) is 0 Å². The van der Waals surface area contributed by atoms with E-state index in [1.54, 1.807) is 0 Å². The summed E-state index contributed by atoms with van der Waals surface area (Å²) in [5.41, 5.74) is 0. The Hall–Kier alpha value is -0.890. The van der Waals surface area contributed by atoms with Crippen LogP contribution in [-0.2, 0) is 14.3 Å². The molecular formula is C70H139NO10. The summed E-state index contributed by atoms with van der Waals surface area (Å²) in [5.74, 6) is -0.686. The highest BCUT2D eigenvalue weighted by Crippen LogP contribution is 2.24. The van der Waals surface area contributed by atoms with Gasteiger partial charge in [0.1, 0.15) is 36.6 Å². The molecule has 0 aromatic heterocycles. The normalized spacial score (nSPS) is 19.0. The summed E-state index contributed by atoms with van der Waals surface area (Å²) >= 11 is 0. The first-order chi connectivity index (χ1) is 39.7. The largest absolute Gasteiger partial charge is 0.394 e. The zero-order valence-corrected chi connectivity index (χ0v) is 53.6. The number of hydrogen-bond donors (Lipinski definition) is 8. The second kappa shape index (κ2) is 59.4. The third-order valence-electron chi connectivity index (χ3n) is 17.9. The number of ether oxygens (including phenoxy) is 2. The second-order valence-corrected chi connectivity index (χ2v) is 25.7. The molecule has 9 atom stereocenters. The van der Waals surface area contributed by atoms with Crippen molar-refractivity contribution in [3.05, 3.63) is 0 Å². The first-order valence-electron chi connectivity index (χ1n) is 35.9. The van der Waals surface area contributed by atoms with Gasteiger partial charge in [0, 0.05) is 0 Å². The summed E-state index contributed by atoms with van der Waals surface area (Å²) in [6.07, 6.45) is 60.4. The Morgan fingerprint density at radius 2 is 0.642 bits per heavy atom. The maximum Gasteiger partial charge on any atom is 0.249 e. The number of carbonyl (C=O) groups is 1. The van der Waals surface area contributed by atoms with Gasteiger partial charge in [-0.25, -0.2) is 0 Å². The third-order valence-corrected chi connectivity index (χ3v) is 17.9. The van der Waals surface area contributed by atoms with Crippen LogP contribution in [0.4, 0.5) is 0 Å². The predicted octanol–water partition coefficient (Wildman–Crippen LogP) is 17.3. The van der Waals surface area contributed by atoms with Crippen molar-refractivity contribution in [3.8, 4) is 0 Å². The van der Waals surface area contributed by atoms with E-state index in [0.717, 1.165) is 38.5 Å². The zero-order valence-electron chi connectivity index (χ0n) is 53.6. The Bertz CT molecular complexity index is 1280. The number of amides is 1. The molecule has 1 rings (SSSR count). The Labute approximate surface area is 500 Å². The summed E-state index contributed by atoms with van der Waals surface area (Å²) in [5, 5.41) is 76.6. The summed E-state index contributed by atoms with van der Waals surface area (Å²) < 4.78 is 11.2. The number of unbranched alkanes of at least 4 members (excludes halogenated alkanes) is 52. The van der Waals surface area contributed by atoms with Crippen LogP contribution >= 0.6 is 0 Å². The first-order valence-corrected chi connectivity index (χ1v) is 35.9. The minimum Gasteiger partial charge on any atom is -0.394 e. The molecule has 1 fully saturated rings. The zero-order chi connectivity index (χ0) is 58.9. The minimum atomic E-state index is -1.66. The molecule has 0 saturated carbocycles. The highest BCUT2D eigenvalue weighted by atomic mass is 16.7. The maximum atomic E-state index is 13.3. The van der Waals surface area contributed by atoms with E-state index in [0.29, 0.717) is 19.3 Å². The van der Waals surface area contributed by atoms with E-state index in [1.807, 2.05) is 0 Å². The molecule has 1 aliphatic rings. The Morgan fingerprint density at radius 3 is 0.914 bits per heavy atom. The summed E-state index contributed by atoms with van der Waals surface area (Å²) in [6, 6.07) is -1.16. The Morgan fingerprint density at radius 1 is 0.383 bits per heavy atom. The molecule has 0 spiro atoms. The number of aliphatic hydroxyl groups is 7. The van der Waals surface area contributed by atoms with Crippen molar-refractivity contribution in [2.45, 2.75) is 428 Å². The van der Waals surface area contributed by atoms with Gasteiger partial charge in [-0.2, -0.15) is 0 Å². The molecule has 8 N–H and O–H groups in total. The number of carbonyl (C=O) groups excluding carboxylic acids is 1. The van der Waals surface area contributed by atoms with Crippen LogP contribution in [-0.4, -0.2) is 110 Å². The second-order valence-electron chi connectivity index (χ2n) is 25.7. The van der Waals surface area contributed by atoms with Crippen molar-refractivity contribution in [1.29, 1.82) is 0 Å². The van der Waals surface area contributed by atoms with Gasteiger partial charge in [0.15, 0.2) is 6.29 Å². The van der Waals surface area contributed by atoms with Crippen molar-refractivity contribution in [2.24, 2.45) is 0 Å². The summed E-state index contributed by atoms with van der Waals surface area (Å²) in [4.78, 5) is 13.3. The van der Waals surface area contributed by atoms with Crippen LogP contribution in [0.3, 0.4) is 0 Å². The fourth-order valence-corrected chi connectivity index (χ4v) is 12.2. The molecule has 0 aliphatic carbocycles. The fraction of sp³-hybridized carbons (Fsp3) is 0.986. The smallest absolute Gasteiger partial charge is 0.249 e. The molecule has 9 unspecified atom stereocenters. The molecule has 11 heteroatoms. The van der Waals surface area contributed by atoms with E-state index in [4.69, 9.17) is 9.47 Å². The van der Waals surface area contributed by atoms with Crippen molar-refractivity contribution in [2.75, 3.05) is 13.2 Å². The molecule has 1 aliphatic heterocycles. The Kier molecular flexibility index (Phi) is 57.3. The highest BCUT2D eigenvalue weighted by molar-refractivity contribution is 5.80. The molecular weight excluding hydrogens is 1010 g/mol. The molecule has 0 aromatic carbocycles. The first kappa shape index (κ1) is 78.1. The van der Waals surface area contributed by atoms with E-state index in [-0.39, 0.29) is 6.42 Å². The topological polar surface area (TPSA) is 189 Å². The molecule has 484 valence electrons. The molecule has 11 nitrogen and oxygen atoms in total. The van der Waals surface area contributed by atoms with Gasteiger partial charge in [-0.3, -0.25) is 4.79 Å². The van der Waals surface area contributed by atoms with Gasteiger partial charge in [-0.05, 0) is 12.8 Å². The molecule has 0 bridgehead atoms. The lowest BCUT2D eigenvalue weighted by Gasteiger charge is -2.40. The molecule has 1 amide bonds. The van der Waals surface area contributed by atoms with Crippen LogP contribution in [0.2, 0.25) is 0 Å². The average molecular weight is 1150 g/mol. The lowest BCUT2D eigenvalue weighted by molar-refractivity contribution is -0.303. The van der Waals surface area contributed by atoms with Gasteiger partial charge in [-0.1, -0.05) is 361 Å². The SMILES string of the molecule is CCCCCCCCCCCCCCCCCCCCCCCCCCCCCCCCC(O)C(O)C(COC1OC(CO)C(O)C(O)C1O)NC(=O)C(O)CCCCCCCCCCCCCCCCCCCCCCCCCC. The van der Waals surface area contributed by atoms with E-state index in [2.05, 4.69) is 19.2 Å². The quantitative estimate of drug-likeness (QED) is 0.0272. The van der Waals surface area contributed by atoms with Gasteiger partial charge in [-0.15, -0.1) is 0 Å². The number of nitrogens with one attached hydrogen (secondary N) is 1. The van der Waals surface area contributed by atoms with Crippen LogP contribution in [0.1, 0.15) is 373 Å². The number of rotatable bonds is 64. The van der Waals surface area contributed by atoms with Crippen molar-refractivity contribution < 1.29 is 50.0 Å². The van der Waals surface area contributed by atoms with E-state index in [1.165, 1.54) is 295 Å². The van der Waals surface area contributed by atoms with E-state index < -0.39 is 74.2 Å². The number of aliphatic hydroxyl groups excluding tert-OH is 7. The summed E-state index contributed by atoms with van der Waals surface area (Å²) in [6.45, 7) is 3.53. The minimum absolute atomic E-state index is 0.268. The monoisotopic (exact) mass is 1150 g/mol. The lowest BCUT2D eigenvalue weighted by Crippen LogP contribution is -2.60. The van der Waals surface area contributed by atoms with Gasteiger partial charge < -0.3 is 50.5 Å². The summed E-state index contributed by atoms with van der Waals surface area (Å²) in [7, 11) is 0. The van der Waals surface area contributed by atoms with Crippen LogP contribution in [0, 0.1) is 0 Å². The van der Waals surface area contributed by atoms with Crippen molar-refractivity contribution in [3.63, 3.8) is 0 Å². The molecule has 0 radical (unpaired) electrons. The molecule has 0 aromatic rings. The fourth-order valence-electron chi connectivity index (χ4n) is 12.2. The maximum absolute atomic E-state index is 13.3. The molecule has 1 heterocycles. The van der Waals surface area contributed by atoms with Gasteiger partial charge in [0.2, 0.25) is 5.91 Å². The van der Waals surface area contributed by atoms with Crippen LogP contribution < -0.4 is 5.32 Å². The Balaban J connectivity index is 2.17. The average Bonchev–Trinajstić information content (AvgIpc) is 3.49. The number of hydrogen-bond acceptors (Lipinski definition) is 10. The van der Waals surface area contributed by atoms with E-state index in [9.17, 15) is 40.5 Å². The van der Waals surface area contributed by atoms with Crippen molar-refractivity contribution in [1.82, 2.24) is 5.32 Å². The van der Waals surface area contributed by atoms with Crippen LogP contribution in [0.15, 0.2) is 0 Å². The highest BCUT2D eigenvalue weighted by Gasteiger charge is 2.44. The van der Waals surface area contributed by atoms with Crippen LogP contribution in [0.5, 0.6) is 0 Å². The van der Waals surface area contributed by atoms with Crippen molar-refractivity contribution >= 4 is 5.91 Å². The molecule has 1 saturated heterocycles. The van der Waals surface area contributed by atoms with Gasteiger partial charge >= 0.3 is 0 Å². The van der Waals surface area contributed by atoms with E-state index >= 15 is 0 Å². The molecule has 81 heavy (non-hydrogen) atoms. The van der Waals surface area contributed by atoms with Gasteiger partial charge in [0.05, 0.1) is 25.4 Å². The standard InChI is InChI=1S/C70H139NO10/c1-3-5-7-9-11-13-15-17-19-21-23-25-27-29-30-31-32-33-34-36-37-39-41-43-45-47-49-51-53-55-57-62(73)65(75)61(60-80-70-68(78)67(77)66(76)64(59-72)81-70)71-69(79)63(74)58-56-54-52-50-48-46-44-42-40-38-35-28-26-24-22-20-18-16-14-12-10-8-6-4-2/h61-68,70,72-78H,3-60H2,1-2H3,(H,71,79). The lowest BCUT2D eigenvalue weighted by atomic mass is 9.98. The predicted molar refractivity (Wildman–Crippen MR) is 340 cm³/mol. The van der Waals surface area contributed by atoms with Gasteiger partial charge in [0.25, 0.3) is 0 Å². The third kappa shape index (κ3) is 46.9.